The number of carbonyl (C=O) groups is 1. The van der Waals surface area contributed by atoms with Crippen LogP contribution in [0.15, 0.2) is 54.6 Å². The first-order chi connectivity index (χ1) is 15.8. The number of methoxy groups -OCH3 is 1. The summed E-state index contributed by atoms with van der Waals surface area (Å²) in [5.74, 6) is -0.0326. The summed E-state index contributed by atoms with van der Waals surface area (Å²) in [6, 6.07) is 18.7. The molecule has 0 bridgehead atoms. The van der Waals surface area contributed by atoms with E-state index in [9.17, 15) is 4.79 Å². The average molecular weight is 454 g/mol. The molecule has 0 spiro atoms. The van der Waals surface area contributed by atoms with Crippen LogP contribution in [0.5, 0.6) is 0 Å². The minimum Gasteiger partial charge on any atom is -0.366 e. The van der Waals surface area contributed by atoms with Crippen molar-refractivity contribution in [1.29, 1.82) is 0 Å². The molecule has 0 aliphatic carbocycles. The van der Waals surface area contributed by atoms with E-state index in [-0.39, 0.29) is 23.6 Å². The van der Waals surface area contributed by atoms with Crippen molar-refractivity contribution < 1.29 is 14.3 Å². The molecular weight excluding hydrogens is 414 g/mol. The Morgan fingerprint density at radius 1 is 1.18 bits per heavy atom. The van der Waals surface area contributed by atoms with E-state index >= 15 is 0 Å². The fraction of sp³-hybridized carbons (Fsp3) is 0.519. The third-order valence-electron chi connectivity index (χ3n) is 6.61. The van der Waals surface area contributed by atoms with E-state index in [1.807, 2.05) is 38.1 Å². The van der Waals surface area contributed by atoms with Gasteiger partial charge in [-0.2, -0.15) is 0 Å². The molecule has 180 valence electrons. The minimum atomic E-state index is -0.217. The number of hydrogen-bond acceptors (Lipinski definition) is 5. The van der Waals surface area contributed by atoms with Crippen molar-refractivity contribution in [3.05, 3.63) is 65.7 Å². The number of nitrogens with one attached hydrogen (secondary N) is 1. The highest BCUT2D eigenvalue weighted by Crippen LogP contribution is 2.28. The number of benzene rings is 2. The number of hydrogen-bond donors (Lipinski definition) is 1. The van der Waals surface area contributed by atoms with Crippen molar-refractivity contribution in [3.63, 3.8) is 0 Å². The van der Waals surface area contributed by atoms with Crippen LogP contribution >= 0.6 is 0 Å². The SMILES string of the molecule is CCC(C)(C)NC(=O)c1ccc(N(C)C(CN2CCC(OCOC)C2)c2ccccc2)cc1. The normalized spacial score (nSPS) is 17.7. The van der Waals surface area contributed by atoms with Gasteiger partial charge in [0, 0.05) is 50.6 Å². The molecule has 6 nitrogen and oxygen atoms in total. The Kier molecular flexibility index (Phi) is 8.89. The first-order valence-electron chi connectivity index (χ1n) is 11.9. The maximum atomic E-state index is 12.6. The van der Waals surface area contributed by atoms with Crippen molar-refractivity contribution in [2.24, 2.45) is 0 Å². The summed E-state index contributed by atoms with van der Waals surface area (Å²) in [6.07, 6.45) is 2.12. The molecule has 2 aromatic rings. The highest BCUT2D eigenvalue weighted by Gasteiger charge is 2.28. The van der Waals surface area contributed by atoms with Crippen LogP contribution in [0.25, 0.3) is 0 Å². The Morgan fingerprint density at radius 3 is 2.52 bits per heavy atom. The second-order valence-corrected chi connectivity index (χ2v) is 9.52. The van der Waals surface area contributed by atoms with Crippen LogP contribution in [0.4, 0.5) is 5.69 Å². The van der Waals surface area contributed by atoms with Gasteiger partial charge in [0.05, 0.1) is 12.1 Å². The van der Waals surface area contributed by atoms with E-state index in [2.05, 4.69) is 59.4 Å². The van der Waals surface area contributed by atoms with Gasteiger partial charge in [-0.05, 0) is 56.5 Å². The zero-order valence-electron chi connectivity index (χ0n) is 20.7. The Hall–Kier alpha value is -2.41. The van der Waals surface area contributed by atoms with E-state index in [4.69, 9.17) is 9.47 Å². The van der Waals surface area contributed by atoms with Crippen LogP contribution < -0.4 is 10.2 Å². The van der Waals surface area contributed by atoms with Gasteiger partial charge in [-0.25, -0.2) is 0 Å². The molecule has 1 fully saturated rings. The molecule has 1 N–H and O–H groups in total. The number of carbonyl (C=O) groups excluding carboxylic acids is 1. The van der Waals surface area contributed by atoms with Crippen LogP contribution in [0.3, 0.4) is 0 Å². The number of amides is 1. The molecule has 0 aromatic heterocycles. The minimum absolute atomic E-state index is 0.0326. The monoisotopic (exact) mass is 453 g/mol. The predicted molar refractivity (Wildman–Crippen MR) is 134 cm³/mol. The van der Waals surface area contributed by atoms with Crippen molar-refractivity contribution in [2.45, 2.75) is 51.3 Å². The molecule has 3 rings (SSSR count). The molecule has 2 atom stereocenters. The molecule has 1 amide bonds. The number of anilines is 1. The fourth-order valence-corrected chi connectivity index (χ4v) is 4.13. The summed E-state index contributed by atoms with van der Waals surface area (Å²) in [7, 11) is 3.79. The summed E-state index contributed by atoms with van der Waals surface area (Å²) in [5.41, 5.74) is 2.82. The highest BCUT2D eigenvalue weighted by atomic mass is 16.7. The number of ether oxygens (including phenoxy) is 2. The maximum Gasteiger partial charge on any atom is 0.251 e. The van der Waals surface area contributed by atoms with E-state index in [1.165, 1.54) is 5.56 Å². The molecule has 2 aromatic carbocycles. The summed E-state index contributed by atoms with van der Waals surface area (Å²) >= 11 is 0. The Morgan fingerprint density at radius 2 is 1.88 bits per heavy atom. The molecule has 0 saturated carbocycles. The van der Waals surface area contributed by atoms with E-state index in [0.717, 1.165) is 38.2 Å². The van der Waals surface area contributed by atoms with Gasteiger partial charge < -0.3 is 19.7 Å². The second-order valence-electron chi connectivity index (χ2n) is 9.52. The lowest BCUT2D eigenvalue weighted by Gasteiger charge is -2.34. The number of rotatable bonds is 11. The van der Waals surface area contributed by atoms with Crippen LogP contribution in [0.1, 0.15) is 55.6 Å². The van der Waals surface area contributed by atoms with Gasteiger partial charge in [0.25, 0.3) is 5.91 Å². The Labute approximate surface area is 198 Å². The summed E-state index contributed by atoms with van der Waals surface area (Å²) in [4.78, 5) is 17.4. The van der Waals surface area contributed by atoms with Gasteiger partial charge >= 0.3 is 0 Å². The number of likely N-dealkylation sites (tertiary alicyclic amines) is 1. The van der Waals surface area contributed by atoms with Crippen LogP contribution in [-0.4, -0.2) is 63.0 Å². The van der Waals surface area contributed by atoms with Crippen LogP contribution in [0.2, 0.25) is 0 Å². The summed E-state index contributed by atoms with van der Waals surface area (Å²) in [6.45, 7) is 9.33. The zero-order valence-corrected chi connectivity index (χ0v) is 20.7. The van der Waals surface area contributed by atoms with E-state index in [0.29, 0.717) is 12.4 Å². The highest BCUT2D eigenvalue weighted by molar-refractivity contribution is 5.95. The number of likely N-dealkylation sites (N-methyl/N-ethyl adjacent to an activating group) is 1. The average Bonchev–Trinajstić information content (AvgIpc) is 3.28. The van der Waals surface area contributed by atoms with Gasteiger partial charge in [0.15, 0.2) is 0 Å². The fourth-order valence-electron chi connectivity index (χ4n) is 4.13. The standard InChI is InChI=1S/C27H39N3O3/c1-6-27(2,3)28-26(31)22-12-14-23(15-13-22)29(4)25(21-10-8-7-9-11-21)19-30-17-16-24(18-30)33-20-32-5/h7-15,24-25H,6,16-20H2,1-5H3,(H,28,31). The largest absolute Gasteiger partial charge is 0.366 e. The van der Waals surface area contributed by atoms with Gasteiger partial charge in [0.2, 0.25) is 0 Å². The third-order valence-corrected chi connectivity index (χ3v) is 6.61. The Balaban J connectivity index is 1.72. The quantitative estimate of drug-likeness (QED) is 0.509. The summed E-state index contributed by atoms with van der Waals surface area (Å²) in [5, 5.41) is 3.11. The van der Waals surface area contributed by atoms with Crippen molar-refractivity contribution in [1.82, 2.24) is 10.2 Å². The van der Waals surface area contributed by atoms with Crippen LogP contribution in [0, 0.1) is 0 Å². The predicted octanol–water partition coefficient (Wildman–Crippen LogP) is 4.48. The molecule has 1 aliphatic rings. The zero-order chi connectivity index (χ0) is 23.8. The molecule has 0 radical (unpaired) electrons. The van der Waals surface area contributed by atoms with Crippen molar-refractivity contribution in [3.8, 4) is 0 Å². The van der Waals surface area contributed by atoms with Crippen molar-refractivity contribution >= 4 is 11.6 Å². The van der Waals surface area contributed by atoms with Gasteiger partial charge in [-0.3, -0.25) is 9.69 Å². The maximum absolute atomic E-state index is 12.6. The molecule has 33 heavy (non-hydrogen) atoms. The van der Waals surface area contributed by atoms with Crippen LogP contribution in [-0.2, 0) is 9.47 Å². The molecule has 2 unspecified atom stereocenters. The molecule has 6 heteroatoms. The topological polar surface area (TPSA) is 54.0 Å². The lowest BCUT2D eigenvalue weighted by molar-refractivity contribution is -0.0671. The first-order valence-corrected chi connectivity index (χ1v) is 11.9. The lowest BCUT2D eigenvalue weighted by Crippen LogP contribution is -2.42. The van der Waals surface area contributed by atoms with Gasteiger partial charge in [0.1, 0.15) is 6.79 Å². The molecular formula is C27H39N3O3. The smallest absolute Gasteiger partial charge is 0.251 e. The first kappa shape index (κ1) is 25.2. The molecule has 1 saturated heterocycles. The number of nitrogens with zero attached hydrogens (tertiary/aromatic N) is 2. The van der Waals surface area contributed by atoms with E-state index in [1.54, 1.807) is 7.11 Å². The van der Waals surface area contributed by atoms with Gasteiger partial charge in [-0.1, -0.05) is 37.3 Å². The third kappa shape index (κ3) is 7.03. The molecule has 1 heterocycles. The van der Waals surface area contributed by atoms with E-state index < -0.39 is 0 Å². The second kappa shape index (κ2) is 11.6. The lowest BCUT2D eigenvalue weighted by atomic mass is 10.0. The van der Waals surface area contributed by atoms with Crippen molar-refractivity contribution in [2.75, 3.05) is 45.5 Å². The Bertz CT molecular complexity index is 870. The summed E-state index contributed by atoms with van der Waals surface area (Å²) < 4.78 is 10.8. The molecule has 1 aliphatic heterocycles. The van der Waals surface area contributed by atoms with Gasteiger partial charge in [-0.15, -0.1) is 0 Å².